The lowest BCUT2D eigenvalue weighted by Crippen LogP contribution is -2.28. The Kier molecular flexibility index (Phi) is 4.85. The molecule has 2 aromatic rings. The summed E-state index contributed by atoms with van der Waals surface area (Å²) in [6, 6.07) is 12.1. The Labute approximate surface area is 134 Å². The molecular formula is C17H20N2O2S. The van der Waals surface area contributed by atoms with Gasteiger partial charge in [-0.25, -0.2) is 0 Å². The zero-order valence-corrected chi connectivity index (χ0v) is 13.2. The largest absolute Gasteiger partial charge is 0.467 e. The van der Waals surface area contributed by atoms with E-state index >= 15 is 0 Å². The molecule has 0 saturated carbocycles. The van der Waals surface area contributed by atoms with E-state index in [1.165, 1.54) is 11.2 Å². The van der Waals surface area contributed by atoms with Gasteiger partial charge in [0.05, 0.1) is 12.1 Å². The van der Waals surface area contributed by atoms with Crippen molar-refractivity contribution >= 4 is 17.7 Å². The first-order chi connectivity index (χ1) is 10.8. The normalized spacial score (nSPS) is 17.9. The number of thioether (sulfide) groups is 1. The molecule has 116 valence electrons. The van der Waals surface area contributed by atoms with Gasteiger partial charge in [-0.2, -0.15) is 0 Å². The molecule has 1 unspecified atom stereocenters. The summed E-state index contributed by atoms with van der Waals surface area (Å²) >= 11 is 1.86. The summed E-state index contributed by atoms with van der Waals surface area (Å²) in [6.45, 7) is 1.97. The van der Waals surface area contributed by atoms with Crippen molar-refractivity contribution in [2.75, 3.05) is 18.8 Å². The number of furan rings is 1. The lowest BCUT2D eigenvalue weighted by Gasteiger charge is -2.15. The van der Waals surface area contributed by atoms with Crippen LogP contribution < -0.4 is 5.73 Å². The van der Waals surface area contributed by atoms with Crippen molar-refractivity contribution in [1.29, 1.82) is 0 Å². The van der Waals surface area contributed by atoms with Gasteiger partial charge >= 0.3 is 0 Å². The topological polar surface area (TPSA) is 59.5 Å². The first kappa shape index (κ1) is 15.2. The molecule has 1 atom stereocenters. The summed E-state index contributed by atoms with van der Waals surface area (Å²) in [7, 11) is 0. The van der Waals surface area contributed by atoms with Gasteiger partial charge in [-0.1, -0.05) is 18.2 Å². The molecule has 1 aromatic heterocycles. The van der Waals surface area contributed by atoms with Gasteiger partial charge in [-0.15, -0.1) is 11.8 Å². The highest BCUT2D eigenvalue weighted by atomic mass is 32.2. The molecule has 1 amide bonds. The summed E-state index contributed by atoms with van der Waals surface area (Å²) in [4.78, 5) is 15.6. The fraction of sp³-hybridized carbons (Fsp3) is 0.353. The summed E-state index contributed by atoms with van der Waals surface area (Å²) in [6.07, 6.45) is 2.57. The van der Waals surface area contributed by atoms with E-state index in [9.17, 15) is 4.79 Å². The molecule has 0 bridgehead atoms. The monoisotopic (exact) mass is 316 g/mol. The van der Waals surface area contributed by atoms with Crippen molar-refractivity contribution in [2.45, 2.75) is 17.9 Å². The fourth-order valence-corrected chi connectivity index (χ4v) is 3.72. The van der Waals surface area contributed by atoms with Crippen LogP contribution in [0.2, 0.25) is 0 Å². The molecular weight excluding hydrogens is 296 g/mol. The zero-order chi connectivity index (χ0) is 15.4. The SMILES string of the molecule is NCc1cc(C(=O)N2CCC(CSc3ccccc3)C2)co1. The van der Waals surface area contributed by atoms with Crippen LogP contribution in [-0.2, 0) is 6.54 Å². The second-order valence-electron chi connectivity index (χ2n) is 5.54. The molecule has 3 rings (SSSR count). The third kappa shape index (κ3) is 3.54. The number of nitrogens with two attached hydrogens (primary N) is 1. The van der Waals surface area contributed by atoms with Crippen molar-refractivity contribution in [3.05, 3.63) is 54.0 Å². The minimum Gasteiger partial charge on any atom is -0.467 e. The minimum absolute atomic E-state index is 0.0515. The van der Waals surface area contributed by atoms with Crippen LogP contribution in [0.25, 0.3) is 0 Å². The third-order valence-electron chi connectivity index (χ3n) is 3.90. The molecule has 22 heavy (non-hydrogen) atoms. The number of benzene rings is 1. The predicted molar refractivity (Wildman–Crippen MR) is 87.8 cm³/mol. The van der Waals surface area contributed by atoms with Gasteiger partial charge < -0.3 is 15.1 Å². The van der Waals surface area contributed by atoms with Crippen molar-refractivity contribution in [3.63, 3.8) is 0 Å². The van der Waals surface area contributed by atoms with Gasteiger partial charge in [0.25, 0.3) is 5.91 Å². The number of hydrogen-bond acceptors (Lipinski definition) is 4. The molecule has 1 aliphatic heterocycles. The standard InChI is InChI=1S/C17H20N2O2S/c18-9-15-8-14(11-21-15)17(20)19-7-6-13(10-19)12-22-16-4-2-1-3-5-16/h1-5,8,11,13H,6-7,9-10,12,18H2. The average Bonchev–Trinajstić information content (AvgIpc) is 3.22. The Morgan fingerprint density at radius 2 is 2.18 bits per heavy atom. The van der Waals surface area contributed by atoms with Crippen molar-refractivity contribution in [2.24, 2.45) is 11.7 Å². The highest BCUT2D eigenvalue weighted by Gasteiger charge is 2.27. The number of carbonyl (C=O) groups excluding carboxylic acids is 1. The number of carbonyl (C=O) groups is 1. The predicted octanol–water partition coefficient (Wildman–Crippen LogP) is 2.99. The van der Waals surface area contributed by atoms with Gasteiger partial charge in [-0.05, 0) is 30.5 Å². The van der Waals surface area contributed by atoms with Crippen LogP contribution in [0.4, 0.5) is 0 Å². The van der Waals surface area contributed by atoms with E-state index in [-0.39, 0.29) is 5.91 Å². The van der Waals surface area contributed by atoms with Crippen LogP contribution in [0.1, 0.15) is 22.5 Å². The minimum atomic E-state index is 0.0515. The van der Waals surface area contributed by atoms with Crippen LogP contribution in [0.15, 0.2) is 52.0 Å². The molecule has 0 spiro atoms. The second kappa shape index (κ2) is 7.03. The van der Waals surface area contributed by atoms with Crippen LogP contribution in [-0.4, -0.2) is 29.6 Å². The van der Waals surface area contributed by atoms with Crippen molar-refractivity contribution in [1.82, 2.24) is 4.90 Å². The number of hydrogen-bond donors (Lipinski definition) is 1. The van der Waals surface area contributed by atoms with E-state index in [1.54, 1.807) is 6.07 Å². The number of nitrogens with zero attached hydrogens (tertiary/aromatic N) is 1. The van der Waals surface area contributed by atoms with Gasteiger partial charge in [0.15, 0.2) is 0 Å². The van der Waals surface area contributed by atoms with Crippen LogP contribution in [0, 0.1) is 5.92 Å². The molecule has 0 radical (unpaired) electrons. The van der Waals surface area contributed by atoms with Gasteiger partial charge in [0.2, 0.25) is 0 Å². The van der Waals surface area contributed by atoms with Crippen LogP contribution in [0.3, 0.4) is 0 Å². The molecule has 4 nitrogen and oxygen atoms in total. The Bertz CT molecular complexity index is 627. The first-order valence-electron chi connectivity index (χ1n) is 7.51. The highest BCUT2D eigenvalue weighted by molar-refractivity contribution is 7.99. The lowest BCUT2D eigenvalue weighted by molar-refractivity contribution is 0.0787. The van der Waals surface area contributed by atoms with Crippen LogP contribution >= 0.6 is 11.8 Å². The quantitative estimate of drug-likeness (QED) is 0.862. The van der Waals surface area contributed by atoms with E-state index < -0.39 is 0 Å². The number of rotatable bonds is 5. The average molecular weight is 316 g/mol. The second-order valence-corrected chi connectivity index (χ2v) is 6.63. The third-order valence-corrected chi connectivity index (χ3v) is 5.15. The first-order valence-corrected chi connectivity index (χ1v) is 8.49. The van der Waals surface area contributed by atoms with E-state index in [1.807, 2.05) is 22.7 Å². The molecule has 1 aromatic carbocycles. The summed E-state index contributed by atoms with van der Waals surface area (Å²) in [5, 5.41) is 0. The maximum absolute atomic E-state index is 12.4. The summed E-state index contributed by atoms with van der Waals surface area (Å²) < 4.78 is 5.25. The van der Waals surface area contributed by atoms with Crippen molar-refractivity contribution < 1.29 is 9.21 Å². The molecule has 0 aliphatic carbocycles. The molecule has 2 N–H and O–H groups in total. The maximum Gasteiger partial charge on any atom is 0.257 e. The van der Waals surface area contributed by atoms with Crippen LogP contribution in [0.5, 0.6) is 0 Å². The van der Waals surface area contributed by atoms with Gasteiger partial charge in [-0.3, -0.25) is 4.79 Å². The van der Waals surface area contributed by atoms with E-state index in [0.717, 1.165) is 25.3 Å². The van der Waals surface area contributed by atoms with E-state index in [4.69, 9.17) is 10.2 Å². The summed E-state index contributed by atoms with van der Waals surface area (Å²) in [5.74, 6) is 2.30. The number of likely N-dealkylation sites (tertiary alicyclic amines) is 1. The van der Waals surface area contributed by atoms with E-state index in [0.29, 0.717) is 23.8 Å². The van der Waals surface area contributed by atoms with Gasteiger partial charge in [0.1, 0.15) is 12.0 Å². The Morgan fingerprint density at radius 1 is 1.36 bits per heavy atom. The summed E-state index contributed by atoms with van der Waals surface area (Å²) in [5.41, 5.74) is 6.12. The smallest absolute Gasteiger partial charge is 0.257 e. The Morgan fingerprint density at radius 3 is 2.91 bits per heavy atom. The maximum atomic E-state index is 12.4. The zero-order valence-electron chi connectivity index (χ0n) is 12.4. The fourth-order valence-electron chi connectivity index (χ4n) is 2.67. The molecule has 1 saturated heterocycles. The Balaban J connectivity index is 1.52. The lowest BCUT2D eigenvalue weighted by atomic mass is 10.2. The highest BCUT2D eigenvalue weighted by Crippen LogP contribution is 2.26. The molecule has 1 fully saturated rings. The Hall–Kier alpha value is -1.72. The van der Waals surface area contributed by atoms with Crippen molar-refractivity contribution in [3.8, 4) is 0 Å². The van der Waals surface area contributed by atoms with Gasteiger partial charge in [0, 0.05) is 23.7 Å². The molecule has 1 aliphatic rings. The van der Waals surface area contributed by atoms with E-state index in [2.05, 4.69) is 24.3 Å². The molecule has 5 heteroatoms. The number of amides is 1. The molecule has 2 heterocycles.